The number of hydrogen-bond acceptors (Lipinski definition) is 2. The van der Waals surface area contributed by atoms with Crippen LogP contribution in [0.5, 0.6) is 5.75 Å². The van der Waals surface area contributed by atoms with E-state index < -0.39 is 0 Å². The largest absolute Gasteiger partial charge is 0.426 e. The van der Waals surface area contributed by atoms with Gasteiger partial charge in [-0.15, -0.1) is 0 Å². The van der Waals surface area contributed by atoms with Crippen LogP contribution in [0.2, 0.25) is 5.02 Å². The van der Waals surface area contributed by atoms with Gasteiger partial charge in [-0.05, 0) is 61.1 Å². The van der Waals surface area contributed by atoms with Crippen molar-refractivity contribution >= 4 is 17.6 Å². The van der Waals surface area contributed by atoms with Gasteiger partial charge in [-0.1, -0.05) is 79.2 Å². The molecule has 0 spiro atoms. The number of ether oxygens (including phenoxy) is 1. The van der Waals surface area contributed by atoms with Crippen molar-refractivity contribution in [1.82, 2.24) is 0 Å². The maximum Gasteiger partial charge on any atom is 0.312 e. The average molecular weight is 407 g/mol. The van der Waals surface area contributed by atoms with E-state index >= 15 is 0 Å². The summed E-state index contributed by atoms with van der Waals surface area (Å²) in [5.41, 5.74) is 3.94. The summed E-state index contributed by atoms with van der Waals surface area (Å²) in [5, 5.41) is 0.692. The lowest BCUT2D eigenvalue weighted by molar-refractivity contribution is -0.135. The summed E-state index contributed by atoms with van der Waals surface area (Å²) in [6.07, 6.45) is 2.02. The summed E-state index contributed by atoms with van der Waals surface area (Å²) >= 11 is 6.09. The van der Waals surface area contributed by atoms with E-state index in [0.717, 1.165) is 29.5 Å². The van der Waals surface area contributed by atoms with Crippen molar-refractivity contribution in [2.45, 2.75) is 45.4 Å². The second-order valence-corrected chi connectivity index (χ2v) is 8.36. The van der Waals surface area contributed by atoms with Crippen LogP contribution in [0, 0.1) is 13.8 Å². The molecule has 0 aliphatic heterocycles. The second kappa shape index (κ2) is 9.28. The molecule has 0 unspecified atom stereocenters. The number of aryl methyl sites for hydroxylation is 3. The Balaban J connectivity index is 1.82. The molecule has 3 aromatic rings. The Morgan fingerprint density at radius 3 is 2.14 bits per heavy atom. The van der Waals surface area contributed by atoms with Crippen LogP contribution in [-0.2, 0) is 16.6 Å². The standard InChI is InChI=1S/C26H27ClO2/c1-19-8-7-9-20(2)25(19)29-24(28)18-26(3,22-12-14-23(27)15-13-22)17-16-21-10-5-4-6-11-21/h4-15H,16-18H2,1-3H3/t26-/m0/s1. The van der Waals surface area contributed by atoms with Gasteiger partial charge in [0.15, 0.2) is 0 Å². The fourth-order valence-corrected chi connectivity index (χ4v) is 3.81. The van der Waals surface area contributed by atoms with E-state index in [4.69, 9.17) is 16.3 Å². The van der Waals surface area contributed by atoms with Gasteiger partial charge in [0, 0.05) is 10.4 Å². The molecule has 1 atom stereocenters. The minimum atomic E-state index is -0.353. The Labute approximate surface area is 178 Å². The minimum absolute atomic E-state index is 0.215. The number of rotatable bonds is 7. The third-order valence-corrected chi connectivity index (χ3v) is 5.76. The van der Waals surface area contributed by atoms with E-state index in [-0.39, 0.29) is 11.4 Å². The summed E-state index contributed by atoms with van der Waals surface area (Å²) in [4.78, 5) is 12.9. The molecular formula is C26H27ClO2. The fraction of sp³-hybridized carbons (Fsp3) is 0.269. The highest BCUT2D eigenvalue weighted by atomic mass is 35.5. The fourth-order valence-electron chi connectivity index (χ4n) is 3.68. The number of para-hydroxylation sites is 1. The van der Waals surface area contributed by atoms with E-state index in [0.29, 0.717) is 17.2 Å². The first kappa shape index (κ1) is 21.1. The number of carbonyl (C=O) groups excluding carboxylic acids is 1. The number of halogens is 1. The van der Waals surface area contributed by atoms with Crippen molar-refractivity contribution in [3.05, 3.63) is 100 Å². The summed E-state index contributed by atoms with van der Waals surface area (Å²) in [6.45, 7) is 6.05. The molecule has 2 nitrogen and oxygen atoms in total. The molecule has 0 heterocycles. The molecule has 0 amide bonds. The van der Waals surface area contributed by atoms with Gasteiger partial charge in [-0.2, -0.15) is 0 Å². The quantitative estimate of drug-likeness (QED) is 0.317. The number of esters is 1. The van der Waals surface area contributed by atoms with Crippen LogP contribution in [0.15, 0.2) is 72.8 Å². The van der Waals surface area contributed by atoms with Crippen molar-refractivity contribution in [2.75, 3.05) is 0 Å². The van der Waals surface area contributed by atoms with E-state index in [1.165, 1.54) is 5.56 Å². The van der Waals surface area contributed by atoms with E-state index in [1.807, 2.05) is 74.5 Å². The first-order valence-electron chi connectivity index (χ1n) is 9.94. The smallest absolute Gasteiger partial charge is 0.312 e. The van der Waals surface area contributed by atoms with Gasteiger partial charge < -0.3 is 4.74 Å². The first-order valence-corrected chi connectivity index (χ1v) is 10.3. The Morgan fingerprint density at radius 1 is 0.897 bits per heavy atom. The van der Waals surface area contributed by atoms with Crippen molar-refractivity contribution in [1.29, 1.82) is 0 Å². The summed E-state index contributed by atoms with van der Waals surface area (Å²) in [7, 11) is 0. The lowest BCUT2D eigenvalue weighted by Crippen LogP contribution is -2.29. The van der Waals surface area contributed by atoms with Crippen LogP contribution >= 0.6 is 11.6 Å². The monoisotopic (exact) mass is 406 g/mol. The van der Waals surface area contributed by atoms with E-state index in [9.17, 15) is 4.79 Å². The molecule has 0 fully saturated rings. The van der Waals surface area contributed by atoms with Crippen LogP contribution in [0.25, 0.3) is 0 Å². The zero-order valence-electron chi connectivity index (χ0n) is 17.2. The van der Waals surface area contributed by atoms with E-state index in [2.05, 4.69) is 19.1 Å². The highest BCUT2D eigenvalue weighted by molar-refractivity contribution is 6.30. The zero-order valence-corrected chi connectivity index (χ0v) is 18.0. The Bertz CT molecular complexity index is 944. The minimum Gasteiger partial charge on any atom is -0.426 e. The van der Waals surface area contributed by atoms with Gasteiger partial charge in [0.05, 0.1) is 6.42 Å². The maximum atomic E-state index is 12.9. The second-order valence-electron chi connectivity index (χ2n) is 7.92. The number of benzene rings is 3. The topological polar surface area (TPSA) is 26.3 Å². The van der Waals surface area contributed by atoms with Gasteiger partial charge in [0.1, 0.15) is 5.75 Å². The summed E-state index contributed by atoms with van der Waals surface area (Å²) < 4.78 is 5.80. The van der Waals surface area contributed by atoms with Crippen molar-refractivity contribution < 1.29 is 9.53 Å². The molecule has 3 heteroatoms. The summed E-state index contributed by atoms with van der Waals surface area (Å²) in [6, 6.07) is 24.0. The zero-order chi connectivity index (χ0) is 20.9. The highest BCUT2D eigenvalue weighted by Crippen LogP contribution is 2.35. The number of hydrogen-bond donors (Lipinski definition) is 0. The number of carbonyl (C=O) groups is 1. The van der Waals surface area contributed by atoms with Crippen LogP contribution in [0.1, 0.15) is 42.0 Å². The predicted octanol–water partition coefficient (Wildman–Crippen LogP) is 6.84. The van der Waals surface area contributed by atoms with Gasteiger partial charge >= 0.3 is 5.97 Å². The molecular weight excluding hydrogens is 380 g/mol. The molecule has 150 valence electrons. The first-order chi connectivity index (χ1) is 13.9. The van der Waals surface area contributed by atoms with Crippen molar-refractivity contribution in [2.24, 2.45) is 0 Å². The molecule has 29 heavy (non-hydrogen) atoms. The predicted molar refractivity (Wildman–Crippen MR) is 120 cm³/mol. The lowest BCUT2D eigenvalue weighted by atomic mass is 9.75. The molecule has 0 saturated carbocycles. The van der Waals surface area contributed by atoms with Crippen molar-refractivity contribution in [3.63, 3.8) is 0 Å². The van der Waals surface area contributed by atoms with Gasteiger partial charge in [-0.25, -0.2) is 0 Å². The lowest BCUT2D eigenvalue weighted by Gasteiger charge is -2.30. The van der Waals surface area contributed by atoms with Crippen LogP contribution in [0.4, 0.5) is 0 Å². The molecule has 0 bridgehead atoms. The van der Waals surface area contributed by atoms with Gasteiger partial charge in [0.2, 0.25) is 0 Å². The molecule has 0 aromatic heterocycles. The Hall–Kier alpha value is -2.58. The third-order valence-electron chi connectivity index (χ3n) is 5.51. The average Bonchev–Trinajstić information content (AvgIpc) is 2.70. The van der Waals surface area contributed by atoms with E-state index in [1.54, 1.807) is 0 Å². The van der Waals surface area contributed by atoms with Crippen LogP contribution in [-0.4, -0.2) is 5.97 Å². The molecule has 0 N–H and O–H groups in total. The molecule has 3 aromatic carbocycles. The summed E-state index contributed by atoms with van der Waals surface area (Å²) in [5.74, 6) is 0.451. The SMILES string of the molecule is Cc1cccc(C)c1OC(=O)C[C@](C)(CCc1ccccc1)c1ccc(Cl)cc1. The Morgan fingerprint density at radius 2 is 1.52 bits per heavy atom. The normalized spacial score (nSPS) is 13.0. The van der Waals surface area contributed by atoms with Crippen LogP contribution < -0.4 is 4.74 Å². The molecule has 3 rings (SSSR count). The maximum absolute atomic E-state index is 12.9. The molecule has 0 aliphatic carbocycles. The van der Waals surface area contributed by atoms with Gasteiger partial charge in [0.25, 0.3) is 0 Å². The molecule has 0 aliphatic rings. The van der Waals surface area contributed by atoms with Crippen molar-refractivity contribution in [3.8, 4) is 5.75 Å². The molecule has 0 saturated heterocycles. The Kier molecular flexibility index (Phi) is 6.76. The molecule has 0 radical (unpaired) electrons. The van der Waals surface area contributed by atoms with Crippen LogP contribution in [0.3, 0.4) is 0 Å². The van der Waals surface area contributed by atoms with Gasteiger partial charge in [-0.3, -0.25) is 4.79 Å². The highest BCUT2D eigenvalue weighted by Gasteiger charge is 2.31. The third kappa shape index (κ3) is 5.48.